The van der Waals surface area contributed by atoms with Crippen molar-refractivity contribution in [3.63, 3.8) is 0 Å². The molecule has 6 heteroatoms. The van der Waals surface area contributed by atoms with Crippen LogP contribution in [0.4, 0.5) is 0 Å². The van der Waals surface area contributed by atoms with Crippen LogP contribution in [0.1, 0.15) is 55.3 Å². The number of carbonyl (C=O) groups excluding carboxylic acids is 1. The zero-order valence-corrected chi connectivity index (χ0v) is 16.4. The van der Waals surface area contributed by atoms with Crippen molar-refractivity contribution in [2.45, 2.75) is 71.6 Å². The Morgan fingerprint density at radius 3 is 2.89 bits per heavy atom. The van der Waals surface area contributed by atoms with Crippen LogP contribution in [-0.2, 0) is 17.9 Å². The number of aromatic nitrogens is 2. The van der Waals surface area contributed by atoms with Gasteiger partial charge in [0.2, 0.25) is 5.91 Å². The zero-order chi connectivity index (χ0) is 19.0. The molecule has 2 aliphatic rings. The highest BCUT2D eigenvalue weighted by atomic mass is 16.5. The van der Waals surface area contributed by atoms with Gasteiger partial charge in [-0.05, 0) is 51.7 Å². The number of amides is 1. The summed E-state index contributed by atoms with van der Waals surface area (Å²) < 4.78 is 5.35. The third kappa shape index (κ3) is 3.06. The molecule has 144 valence electrons. The van der Waals surface area contributed by atoms with Gasteiger partial charge in [-0.3, -0.25) is 14.7 Å². The molecule has 1 N–H and O–H groups in total. The van der Waals surface area contributed by atoms with Crippen LogP contribution in [0.5, 0.6) is 0 Å². The Hall–Kier alpha value is -2.21. The van der Waals surface area contributed by atoms with Crippen LogP contribution in [0.2, 0.25) is 0 Å². The van der Waals surface area contributed by atoms with E-state index in [0.29, 0.717) is 12.6 Å². The predicted octanol–water partition coefficient (Wildman–Crippen LogP) is 3.14. The fraction of sp³-hybridized carbons (Fsp3) is 0.571. The molecule has 0 saturated carbocycles. The lowest BCUT2D eigenvalue weighted by Crippen LogP contribution is -2.48. The van der Waals surface area contributed by atoms with E-state index >= 15 is 0 Å². The van der Waals surface area contributed by atoms with E-state index in [2.05, 4.69) is 27.3 Å². The first-order valence-corrected chi connectivity index (χ1v) is 9.91. The summed E-state index contributed by atoms with van der Waals surface area (Å²) in [4.78, 5) is 20.1. The number of nitrogens with one attached hydrogen (secondary N) is 1. The van der Waals surface area contributed by atoms with Gasteiger partial charge in [-0.15, -0.1) is 0 Å². The van der Waals surface area contributed by atoms with Crippen LogP contribution in [0.25, 0.3) is 0 Å². The molecule has 3 atom stereocenters. The number of carbonyl (C=O) groups is 1. The number of hydrogen-bond donors (Lipinski definition) is 1. The Kier molecular flexibility index (Phi) is 4.76. The average Bonchev–Trinajstić information content (AvgIpc) is 3.34. The van der Waals surface area contributed by atoms with Crippen LogP contribution < -0.4 is 5.32 Å². The number of hydrogen-bond acceptors (Lipinski definition) is 5. The van der Waals surface area contributed by atoms with Gasteiger partial charge in [-0.1, -0.05) is 18.1 Å². The van der Waals surface area contributed by atoms with Crippen molar-refractivity contribution in [2.75, 3.05) is 0 Å². The lowest BCUT2D eigenvalue weighted by molar-refractivity contribution is -0.133. The summed E-state index contributed by atoms with van der Waals surface area (Å²) in [5.74, 6) is 1.06. The molecule has 4 rings (SSSR count). The maximum absolute atomic E-state index is 13.2. The van der Waals surface area contributed by atoms with E-state index in [4.69, 9.17) is 4.52 Å². The van der Waals surface area contributed by atoms with Gasteiger partial charge in [0.15, 0.2) is 0 Å². The van der Waals surface area contributed by atoms with E-state index in [1.165, 1.54) is 12.0 Å². The molecule has 0 radical (unpaired) electrons. The molecular formula is C21H28N4O2. The van der Waals surface area contributed by atoms with E-state index in [-0.39, 0.29) is 17.4 Å². The third-order valence-corrected chi connectivity index (χ3v) is 6.64. The highest BCUT2D eigenvalue weighted by Crippen LogP contribution is 2.52. The smallest absolute Gasteiger partial charge is 0.228 e. The molecule has 4 heterocycles. The number of aryl methyl sites for hydroxylation is 2. The van der Waals surface area contributed by atoms with Gasteiger partial charge < -0.3 is 9.84 Å². The molecule has 1 amide bonds. The van der Waals surface area contributed by atoms with Gasteiger partial charge in [0.25, 0.3) is 0 Å². The summed E-state index contributed by atoms with van der Waals surface area (Å²) in [6, 6.07) is 6.53. The first kappa shape index (κ1) is 18.2. The van der Waals surface area contributed by atoms with E-state index in [9.17, 15) is 4.79 Å². The van der Waals surface area contributed by atoms with Gasteiger partial charge in [0, 0.05) is 30.4 Å². The molecule has 2 bridgehead atoms. The minimum Gasteiger partial charge on any atom is -0.361 e. The monoisotopic (exact) mass is 368 g/mol. The van der Waals surface area contributed by atoms with Crippen LogP contribution in [0.15, 0.2) is 28.9 Å². The standard InChI is InChI=1S/C21H28N4O2/c1-4-21(20(26)23-12-16-7-5-6-10-22-16)11-17-8-9-19(21)25(17)13-18-14(2)24-27-15(18)3/h5-7,10,17,19H,4,8-9,11-13H2,1-3H3,(H,23,26)/t17-,19+,21+/m1/s1. The van der Waals surface area contributed by atoms with E-state index in [0.717, 1.165) is 43.0 Å². The van der Waals surface area contributed by atoms with Crippen molar-refractivity contribution in [3.05, 3.63) is 47.1 Å². The Morgan fingerprint density at radius 1 is 1.37 bits per heavy atom. The number of nitrogens with zero attached hydrogens (tertiary/aromatic N) is 3. The summed E-state index contributed by atoms with van der Waals surface area (Å²) >= 11 is 0. The molecular weight excluding hydrogens is 340 g/mol. The lowest BCUT2D eigenvalue weighted by atomic mass is 9.71. The van der Waals surface area contributed by atoms with Crippen LogP contribution in [0.3, 0.4) is 0 Å². The lowest BCUT2D eigenvalue weighted by Gasteiger charge is -2.35. The van der Waals surface area contributed by atoms with Crippen molar-refractivity contribution >= 4 is 5.91 Å². The second kappa shape index (κ2) is 7.08. The Balaban J connectivity index is 1.50. The molecule has 6 nitrogen and oxygen atoms in total. The quantitative estimate of drug-likeness (QED) is 0.848. The molecule has 0 spiro atoms. The van der Waals surface area contributed by atoms with Crippen LogP contribution in [0, 0.1) is 19.3 Å². The van der Waals surface area contributed by atoms with Crippen molar-refractivity contribution in [1.29, 1.82) is 0 Å². The largest absolute Gasteiger partial charge is 0.361 e. The number of fused-ring (bicyclic) bond motifs is 2. The normalized spacial score (nSPS) is 27.2. The van der Waals surface area contributed by atoms with Crippen LogP contribution >= 0.6 is 0 Å². The first-order chi connectivity index (χ1) is 13.0. The summed E-state index contributed by atoms with van der Waals surface area (Å²) in [6.07, 6.45) is 5.81. The van der Waals surface area contributed by atoms with Gasteiger partial charge in [-0.25, -0.2) is 0 Å². The van der Waals surface area contributed by atoms with Gasteiger partial charge in [0.1, 0.15) is 5.76 Å². The molecule has 0 aliphatic carbocycles. The minimum atomic E-state index is -0.309. The van der Waals surface area contributed by atoms with Gasteiger partial charge in [-0.2, -0.15) is 0 Å². The maximum atomic E-state index is 13.2. The van der Waals surface area contributed by atoms with Crippen molar-refractivity contribution < 1.29 is 9.32 Å². The Morgan fingerprint density at radius 2 is 2.22 bits per heavy atom. The molecule has 2 fully saturated rings. The second-order valence-corrected chi connectivity index (χ2v) is 7.94. The first-order valence-electron chi connectivity index (χ1n) is 9.91. The summed E-state index contributed by atoms with van der Waals surface area (Å²) in [5.41, 5.74) is 2.72. The van der Waals surface area contributed by atoms with E-state index in [1.807, 2.05) is 32.0 Å². The zero-order valence-electron chi connectivity index (χ0n) is 16.4. The maximum Gasteiger partial charge on any atom is 0.228 e. The molecule has 0 unspecified atom stereocenters. The van der Waals surface area contributed by atoms with Crippen molar-refractivity contribution in [2.24, 2.45) is 5.41 Å². The highest BCUT2D eigenvalue weighted by molar-refractivity contribution is 5.84. The molecule has 2 saturated heterocycles. The summed E-state index contributed by atoms with van der Waals surface area (Å²) in [7, 11) is 0. The SMILES string of the molecule is CC[C@]1(C(=O)NCc2ccccn2)C[C@H]2CC[C@@H]1N2Cc1c(C)noc1C. The fourth-order valence-electron chi connectivity index (χ4n) is 5.09. The van der Waals surface area contributed by atoms with Gasteiger partial charge in [0.05, 0.1) is 23.3 Å². The molecule has 0 aromatic carbocycles. The Labute approximate surface area is 160 Å². The number of rotatable bonds is 6. The molecule has 2 aliphatic heterocycles. The second-order valence-electron chi connectivity index (χ2n) is 7.94. The molecule has 2 aromatic heterocycles. The highest BCUT2D eigenvalue weighted by Gasteiger charge is 2.58. The summed E-state index contributed by atoms with van der Waals surface area (Å²) in [5, 5.41) is 7.26. The molecule has 27 heavy (non-hydrogen) atoms. The molecule has 2 aromatic rings. The van der Waals surface area contributed by atoms with Crippen molar-refractivity contribution in [3.8, 4) is 0 Å². The third-order valence-electron chi connectivity index (χ3n) is 6.64. The minimum absolute atomic E-state index is 0.173. The van der Waals surface area contributed by atoms with Crippen molar-refractivity contribution in [1.82, 2.24) is 20.4 Å². The van der Waals surface area contributed by atoms with Crippen LogP contribution in [-0.4, -0.2) is 33.0 Å². The topological polar surface area (TPSA) is 71.3 Å². The van der Waals surface area contributed by atoms with E-state index in [1.54, 1.807) is 6.20 Å². The van der Waals surface area contributed by atoms with E-state index < -0.39 is 0 Å². The van der Waals surface area contributed by atoms with Gasteiger partial charge >= 0.3 is 0 Å². The number of pyridine rings is 1. The summed E-state index contributed by atoms with van der Waals surface area (Å²) in [6.45, 7) is 7.43. The Bertz CT molecular complexity index is 799. The predicted molar refractivity (Wildman–Crippen MR) is 102 cm³/mol. The fourth-order valence-corrected chi connectivity index (χ4v) is 5.09. The average molecular weight is 368 g/mol.